The summed E-state index contributed by atoms with van der Waals surface area (Å²) in [5.74, 6) is 1.10. The Bertz CT molecular complexity index is 446. The average molecular weight is 246 g/mol. The summed E-state index contributed by atoms with van der Waals surface area (Å²) in [4.78, 5) is 0. The standard InChI is InChI=1S/C14H22N4/c1-6-11-12(8-15)14(16-10(5)9(3)4)18-17-13(11)7-2/h9-10H,6-7H2,1-5H3,(H,16,18). The van der Waals surface area contributed by atoms with Crippen LogP contribution in [0, 0.1) is 17.2 Å². The van der Waals surface area contributed by atoms with Gasteiger partial charge in [0.05, 0.1) is 5.69 Å². The summed E-state index contributed by atoms with van der Waals surface area (Å²) in [5, 5.41) is 21.0. The SMILES string of the molecule is CCc1nnc(NC(C)C(C)C)c(C#N)c1CC. The number of aromatic nitrogens is 2. The summed E-state index contributed by atoms with van der Waals surface area (Å²) in [6, 6.07) is 2.54. The first-order valence-electron chi connectivity index (χ1n) is 6.60. The van der Waals surface area contributed by atoms with Crippen molar-refractivity contribution in [3.05, 3.63) is 16.8 Å². The molecule has 1 aromatic rings. The molecule has 18 heavy (non-hydrogen) atoms. The van der Waals surface area contributed by atoms with Crippen molar-refractivity contribution in [2.75, 3.05) is 5.32 Å². The fourth-order valence-electron chi connectivity index (χ4n) is 1.78. The van der Waals surface area contributed by atoms with Gasteiger partial charge in [-0.2, -0.15) is 10.4 Å². The van der Waals surface area contributed by atoms with Gasteiger partial charge in [-0.25, -0.2) is 0 Å². The Kier molecular flexibility index (Phi) is 5.08. The number of nitriles is 1. The van der Waals surface area contributed by atoms with Crippen LogP contribution >= 0.6 is 0 Å². The number of nitrogens with zero attached hydrogens (tertiary/aromatic N) is 3. The molecular weight excluding hydrogens is 224 g/mol. The lowest BCUT2D eigenvalue weighted by Crippen LogP contribution is -2.23. The van der Waals surface area contributed by atoms with Crippen molar-refractivity contribution in [2.24, 2.45) is 5.92 Å². The van der Waals surface area contributed by atoms with E-state index >= 15 is 0 Å². The van der Waals surface area contributed by atoms with E-state index in [9.17, 15) is 5.26 Å². The predicted molar refractivity (Wildman–Crippen MR) is 73.4 cm³/mol. The molecule has 0 amide bonds. The van der Waals surface area contributed by atoms with Gasteiger partial charge in [0.15, 0.2) is 5.82 Å². The van der Waals surface area contributed by atoms with E-state index < -0.39 is 0 Å². The Labute approximate surface area is 109 Å². The molecule has 1 N–H and O–H groups in total. The number of rotatable bonds is 5. The maximum absolute atomic E-state index is 9.34. The smallest absolute Gasteiger partial charge is 0.167 e. The van der Waals surface area contributed by atoms with Crippen molar-refractivity contribution < 1.29 is 0 Å². The third-order valence-electron chi connectivity index (χ3n) is 3.32. The maximum atomic E-state index is 9.34. The number of nitrogens with one attached hydrogen (secondary N) is 1. The summed E-state index contributed by atoms with van der Waals surface area (Å²) in [6.07, 6.45) is 1.62. The number of hydrogen-bond acceptors (Lipinski definition) is 4. The third-order valence-corrected chi connectivity index (χ3v) is 3.32. The van der Waals surface area contributed by atoms with Crippen molar-refractivity contribution in [2.45, 2.75) is 53.5 Å². The Balaban J connectivity index is 3.18. The second kappa shape index (κ2) is 6.34. The van der Waals surface area contributed by atoms with E-state index in [2.05, 4.69) is 42.4 Å². The van der Waals surface area contributed by atoms with Crippen molar-refractivity contribution >= 4 is 5.82 Å². The summed E-state index contributed by atoms with van der Waals surface area (Å²) in [7, 11) is 0. The zero-order chi connectivity index (χ0) is 13.7. The fourth-order valence-corrected chi connectivity index (χ4v) is 1.78. The molecule has 0 spiro atoms. The molecule has 1 heterocycles. The second-order valence-electron chi connectivity index (χ2n) is 4.84. The van der Waals surface area contributed by atoms with Crippen molar-refractivity contribution in [1.29, 1.82) is 5.26 Å². The molecule has 0 aliphatic heterocycles. The molecule has 0 bridgehead atoms. The summed E-state index contributed by atoms with van der Waals surface area (Å²) in [6.45, 7) is 10.4. The number of anilines is 1. The molecule has 1 atom stereocenters. The van der Waals surface area contributed by atoms with Gasteiger partial charge in [-0.05, 0) is 31.2 Å². The van der Waals surface area contributed by atoms with Gasteiger partial charge in [-0.15, -0.1) is 5.10 Å². The predicted octanol–water partition coefficient (Wildman–Crippen LogP) is 2.93. The van der Waals surface area contributed by atoms with Crippen LogP contribution < -0.4 is 5.32 Å². The first kappa shape index (κ1) is 14.4. The molecule has 0 radical (unpaired) electrons. The van der Waals surface area contributed by atoms with Gasteiger partial charge in [0.1, 0.15) is 11.6 Å². The van der Waals surface area contributed by atoms with Gasteiger partial charge >= 0.3 is 0 Å². The second-order valence-corrected chi connectivity index (χ2v) is 4.84. The molecule has 1 rings (SSSR count). The van der Waals surface area contributed by atoms with Crippen LogP contribution in [0.3, 0.4) is 0 Å². The average Bonchev–Trinajstić information content (AvgIpc) is 2.37. The molecular formula is C14H22N4. The van der Waals surface area contributed by atoms with Gasteiger partial charge in [0.2, 0.25) is 0 Å². The van der Waals surface area contributed by atoms with Gasteiger partial charge in [0, 0.05) is 6.04 Å². The molecule has 0 saturated heterocycles. The third kappa shape index (κ3) is 2.98. The zero-order valence-electron chi connectivity index (χ0n) is 11.9. The maximum Gasteiger partial charge on any atom is 0.167 e. The van der Waals surface area contributed by atoms with E-state index in [0.29, 0.717) is 17.3 Å². The van der Waals surface area contributed by atoms with E-state index in [1.54, 1.807) is 0 Å². The van der Waals surface area contributed by atoms with Crippen molar-refractivity contribution in [3.63, 3.8) is 0 Å². The highest BCUT2D eigenvalue weighted by molar-refractivity contribution is 5.56. The Morgan fingerprint density at radius 2 is 1.83 bits per heavy atom. The van der Waals surface area contributed by atoms with E-state index in [1.165, 1.54) is 0 Å². The minimum absolute atomic E-state index is 0.267. The molecule has 4 heteroatoms. The Morgan fingerprint density at radius 1 is 1.17 bits per heavy atom. The number of aryl methyl sites for hydroxylation is 1. The van der Waals surface area contributed by atoms with E-state index in [1.807, 2.05) is 13.8 Å². The molecule has 0 aliphatic carbocycles. The van der Waals surface area contributed by atoms with Crippen LogP contribution in [0.5, 0.6) is 0 Å². The molecule has 0 aromatic carbocycles. The first-order chi connectivity index (χ1) is 8.54. The molecule has 1 aromatic heterocycles. The van der Waals surface area contributed by atoms with E-state index in [0.717, 1.165) is 24.1 Å². The van der Waals surface area contributed by atoms with Crippen molar-refractivity contribution in [3.8, 4) is 6.07 Å². The monoisotopic (exact) mass is 246 g/mol. The summed E-state index contributed by atoms with van der Waals surface area (Å²) < 4.78 is 0. The quantitative estimate of drug-likeness (QED) is 0.867. The fraction of sp³-hybridized carbons (Fsp3) is 0.643. The minimum Gasteiger partial charge on any atom is -0.365 e. The first-order valence-corrected chi connectivity index (χ1v) is 6.60. The molecule has 1 unspecified atom stereocenters. The topological polar surface area (TPSA) is 61.6 Å². The summed E-state index contributed by atoms with van der Waals surface area (Å²) in [5.41, 5.74) is 2.60. The molecule has 98 valence electrons. The summed E-state index contributed by atoms with van der Waals surface area (Å²) >= 11 is 0. The van der Waals surface area contributed by atoms with Crippen LogP contribution in [-0.4, -0.2) is 16.2 Å². The highest BCUT2D eigenvalue weighted by atomic mass is 15.2. The van der Waals surface area contributed by atoms with Crippen LogP contribution in [0.15, 0.2) is 0 Å². The Morgan fingerprint density at radius 3 is 2.28 bits per heavy atom. The van der Waals surface area contributed by atoms with Crippen LogP contribution in [0.2, 0.25) is 0 Å². The van der Waals surface area contributed by atoms with Crippen molar-refractivity contribution in [1.82, 2.24) is 10.2 Å². The van der Waals surface area contributed by atoms with Gasteiger partial charge in [-0.3, -0.25) is 0 Å². The molecule has 0 saturated carbocycles. The highest BCUT2D eigenvalue weighted by Gasteiger charge is 2.16. The lowest BCUT2D eigenvalue weighted by Gasteiger charge is -2.19. The van der Waals surface area contributed by atoms with Crippen LogP contribution in [0.25, 0.3) is 0 Å². The normalized spacial score (nSPS) is 12.3. The van der Waals surface area contributed by atoms with E-state index in [4.69, 9.17) is 0 Å². The van der Waals surface area contributed by atoms with Crippen LogP contribution in [0.1, 0.15) is 51.4 Å². The molecule has 0 aliphatic rings. The lowest BCUT2D eigenvalue weighted by molar-refractivity contribution is 0.557. The lowest BCUT2D eigenvalue weighted by atomic mass is 10.0. The highest BCUT2D eigenvalue weighted by Crippen LogP contribution is 2.21. The zero-order valence-corrected chi connectivity index (χ0v) is 11.9. The van der Waals surface area contributed by atoms with Gasteiger partial charge in [-0.1, -0.05) is 27.7 Å². The van der Waals surface area contributed by atoms with Crippen LogP contribution in [0.4, 0.5) is 5.82 Å². The Hall–Kier alpha value is -1.63. The number of hydrogen-bond donors (Lipinski definition) is 1. The van der Waals surface area contributed by atoms with Gasteiger partial charge < -0.3 is 5.32 Å². The minimum atomic E-state index is 0.267. The molecule has 4 nitrogen and oxygen atoms in total. The van der Waals surface area contributed by atoms with Gasteiger partial charge in [0.25, 0.3) is 0 Å². The van der Waals surface area contributed by atoms with E-state index in [-0.39, 0.29) is 6.04 Å². The van der Waals surface area contributed by atoms with Crippen LogP contribution in [-0.2, 0) is 12.8 Å². The molecule has 0 fully saturated rings. The largest absolute Gasteiger partial charge is 0.365 e.